The van der Waals surface area contributed by atoms with Crippen LogP contribution in [0.5, 0.6) is 0 Å². The first-order valence-electron chi connectivity index (χ1n) is 1.67. The van der Waals surface area contributed by atoms with Crippen molar-refractivity contribution in [1.82, 2.24) is 0 Å². The average molecular weight is 324 g/mol. The molecule has 0 saturated heterocycles. The van der Waals surface area contributed by atoms with Gasteiger partial charge in [-0.05, 0) is 13.0 Å². The zero-order valence-corrected chi connectivity index (χ0v) is 9.59. The number of carboxylic acids is 1. The van der Waals surface area contributed by atoms with E-state index in [9.17, 15) is 9.90 Å². The summed E-state index contributed by atoms with van der Waals surface area (Å²) in [6.45, 7) is 1.47. The van der Waals surface area contributed by atoms with Crippen LogP contribution in [0.4, 0.5) is 0 Å². The molecule has 0 rings (SSSR count). The van der Waals surface area contributed by atoms with Gasteiger partial charge in [0.05, 0.1) is 5.97 Å². The van der Waals surface area contributed by atoms with Crippen LogP contribution in [0, 0.1) is 0 Å². The summed E-state index contributed by atoms with van der Waals surface area (Å²) in [5.74, 6) is -1.26. The number of hydrogen-bond acceptors (Lipinski definition) is 2. The van der Waals surface area contributed by atoms with Crippen molar-refractivity contribution in [1.29, 1.82) is 0 Å². The largest absolute Gasteiger partial charge is 1.00 e. The van der Waals surface area contributed by atoms with Crippen molar-refractivity contribution < 1.29 is 9.90 Å². The van der Waals surface area contributed by atoms with Crippen molar-refractivity contribution in [2.24, 2.45) is 0 Å². The summed E-state index contributed by atoms with van der Waals surface area (Å²) >= 11 is 5.11. The predicted octanol–water partition coefficient (Wildman–Crippen LogP) is -0.502. The Morgan fingerprint density at radius 3 is 2.12 bits per heavy atom. The zero-order chi connectivity index (χ0) is 5.86. The van der Waals surface area contributed by atoms with Gasteiger partial charge < -0.3 is 9.90 Å². The van der Waals surface area contributed by atoms with Crippen molar-refractivity contribution in [2.45, 2.75) is 6.92 Å². The van der Waals surface area contributed by atoms with Gasteiger partial charge in [0.2, 0.25) is 0 Å². The Hall–Kier alpha value is 0.422. The van der Waals surface area contributed by atoms with Crippen LogP contribution in [0.15, 0.2) is 11.1 Å². The third kappa shape index (κ3) is 9.66. The summed E-state index contributed by atoms with van der Waals surface area (Å²) in [7, 11) is 0. The third-order valence-corrected chi connectivity index (χ3v) is 0.426. The van der Waals surface area contributed by atoms with E-state index in [2.05, 4.69) is 0 Å². The fourth-order valence-electron chi connectivity index (χ4n) is 0.162. The van der Waals surface area contributed by atoms with Gasteiger partial charge in [-0.2, -0.15) is 0 Å². The van der Waals surface area contributed by atoms with Gasteiger partial charge in [-0.15, -0.1) is 0 Å². The molecule has 0 radical (unpaired) electrons. The van der Waals surface area contributed by atoms with E-state index in [1.54, 1.807) is 0 Å². The maximum absolute atomic E-state index is 9.54. The summed E-state index contributed by atoms with van der Waals surface area (Å²) < 4.78 is 0. The molecule has 0 aliphatic heterocycles. The van der Waals surface area contributed by atoms with Crippen molar-refractivity contribution in [3.8, 4) is 0 Å². The molecule has 0 bridgehead atoms. The van der Waals surface area contributed by atoms with Crippen molar-refractivity contribution in [3.05, 3.63) is 11.1 Å². The molecule has 0 heterocycles. The molecule has 0 unspecified atom stereocenters. The Bertz CT molecular complexity index is 107. The Morgan fingerprint density at radius 1 is 1.75 bits per heavy atom. The van der Waals surface area contributed by atoms with E-state index in [0.717, 1.165) is 6.08 Å². The number of rotatable bonds is 1. The van der Waals surface area contributed by atoms with Gasteiger partial charge in [0.1, 0.15) is 0 Å². The van der Waals surface area contributed by atoms with E-state index in [1.165, 1.54) is 6.92 Å². The minimum Gasteiger partial charge on any atom is -0.545 e. The van der Waals surface area contributed by atoms with Crippen LogP contribution < -0.4 is 5.11 Å². The summed E-state index contributed by atoms with van der Waals surface area (Å²) in [6, 6.07) is 0. The van der Waals surface area contributed by atoms with Crippen molar-refractivity contribution in [2.75, 3.05) is 0 Å². The molecule has 0 N–H and O–H groups in total. The second kappa shape index (κ2) is 5.56. The second-order valence-corrected chi connectivity index (χ2v) is 1.65. The summed E-state index contributed by atoms with van der Waals surface area (Å²) in [6.07, 6.45) is 0.821. The molecule has 4 heteroatoms. The minimum absolute atomic E-state index is 0. The zero-order valence-electron chi connectivity index (χ0n) is 4.35. The number of carbonyl (C=O) groups excluding carboxylic acids is 1. The fourth-order valence-corrected chi connectivity index (χ4v) is 0.251. The number of carboxylic acid groups (broad SMARTS) is 1. The standard InChI is InChI=1S/C4H5ClO2.Tl/c1-3(5)2-4(6)7;/h2H,1H3,(H,6,7);/q;+1/p-1/b3-2-;. The van der Waals surface area contributed by atoms with Gasteiger partial charge in [0.25, 0.3) is 0 Å². The fraction of sp³-hybridized carbons (Fsp3) is 0.250. The molecule has 0 amide bonds. The summed E-state index contributed by atoms with van der Waals surface area (Å²) in [4.78, 5) is 9.54. The number of carbonyl (C=O) groups is 1. The van der Waals surface area contributed by atoms with E-state index < -0.39 is 5.97 Å². The predicted molar refractivity (Wildman–Crippen MR) is 30.4 cm³/mol. The Labute approximate surface area is 72.7 Å². The second-order valence-electron chi connectivity index (χ2n) is 1.05. The molecule has 8 heavy (non-hydrogen) atoms. The van der Waals surface area contributed by atoms with Crippen molar-refractivity contribution >= 4 is 44.9 Å². The normalized spacial score (nSPS) is 10.0. The summed E-state index contributed by atoms with van der Waals surface area (Å²) in [5.41, 5.74) is 0. The van der Waals surface area contributed by atoms with Gasteiger partial charge >= 0.3 is 27.3 Å². The van der Waals surface area contributed by atoms with Gasteiger partial charge in [-0.3, -0.25) is 0 Å². The molecule has 0 aliphatic carbocycles. The molecule has 42 valence electrons. The van der Waals surface area contributed by atoms with Crippen LogP contribution in [0.3, 0.4) is 0 Å². The molecule has 0 aliphatic rings. The van der Waals surface area contributed by atoms with Crippen molar-refractivity contribution in [3.63, 3.8) is 0 Å². The molecule has 0 spiro atoms. The Morgan fingerprint density at radius 2 is 2.12 bits per heavy atom. The molecule has 0 saturated carbocycles. The number of hydrogen-bond donors (Lipinski definition) is 0. The number of halogens is 1. The molecular weight excluding hydrogens is 320 g/mol. The smallest absolute Gasteiger partial charge is 0.545 e. The van der Waals surface area contributed by atoms with Crippen LogP contribution in [0.25, 0.3) is 0 Å². The summed E-state index contributed by atoms with van der Waals surface area (Å²) in [5, 5.41) is 9.76. The van der Waals surface area contributed by atoms with Crippen LogP contribution in [0.1, 0.15) is 6.92 Å². The topological polar surface area (TPSA) is 40.1 Å². The van der Waals surface area contributed by atoms with Gasteiger partial charge in [0, 0.05) is 5.03 Å². The van der Waals surface area contributed by atoms with Crippen LogP contribution in [-0.4, -0.2) is 33.3 Å². The Balaban J connectivity index is 0. The number of aliphatic carboxylic acids is 1. The first-order valence-corrected chi connectivity index (χ1v) is 2.05. The SMILES string of the molecule is C/C(Cl)=C/C(=O)[O-].[Tl+]. The molecule has 0 fully saturated rings. The Kier molecular flexibility index (Phi) is 7.81. The van der Waals surface area contributed by atoms with E-state index >= 15 is 0 Å². The first-order chi connectivity index (χ1) is 3.13. The molecule has 0 aromatic rings. The number of allylic oxidation sites excluding steroid dienone is 1. The van der Waals surface area contributed by atoms with Gasteiger partial charge in [0.15, 0.2) is 0 Å². The third-order valence-electron chi connectivity index (χ3n) is 0.317. The monoisotopic (exact) mass is 324 g/mol. The van der Waals surface area contributed by atoms with Crippen LogP contribution >= 0.6 is 11.6 Å². The van der Waals surface area contributed by atoms with E-state index in [1.807, 2.05) is 0 Å². The molecule has 2 nitrogen and oxygen atoms in total. The van der Waals surface area contributed by atoms with Gasteiger partial charge in [-0.1, -0.05) is 11.6 Å². The molecule has 0 aromatic carbocycles. The maximum atomic E-state index is 9.54. The van der Waals surface area contributed by atoms with Crippen LogP contribution in [0.2, 0.25) is 0 Å². The van der Waals surface area contributed by atoms with Crippen LogP contribution in [-0.2, 0) is 4.79 Å². The molecule has 0 aromatic heterocycles. The maximum Gasteiger partial charge on any atom is 1.00 e. The minimum atomic E-state index is -1.26. The van der Waals surface area contributed by atoms with E-state index in [-0.39, 0.29) is 32.3 Å². The van der Waals surface area contributed by atoms with E-state index in [4.69, 9.17) is 11.6 Å². The quantitative estimate of drug-likeness (QED) is 0.482. The average Bonchev–Trinajstić information content (AvgIpc) is 1.27. The first kappa shape index (κ1) is 11.2. The molecule has 0 atom stereocenters. The van der Waals surface area contributed by atoms with Gasteiger partial charge in [-0.25, -0.2) is 0 Å². The van der Waals surface area contributed by atoms with E-state index in [0.29, 0.717) is 0 Å². The molecular formula is C4H4ClO2Tl.